The maximum absolute atomic E-state index is 13.1. The topological polar surface area (TPSA) is 122 Å². The lowest BCUT2D eigenvalue weighted by Crippen LogP contribution is -2.24. The zero-order chi connectivity index (χ0) is 34.0. The van der Waals surface area contributed by atoms with E-state index in [0.29, 0.717) is 39.8 Å². The molecule has 0 aliphatic rings. The number of hydrogen-bond donors (Lipinski definition) is 3. The van der Waals surface area contributed by atoms with Crippen LogP contribution < -0.4 is 16.4 Å². The lowest BCUT2D eigenvalue weighted by molar-refractivity contribution is -0.111. The molecule has 0 spiro atoms. The number of anilines is 1. The van der Waals surface area contributed by atoms with E-state index < -0.39 is 5.91 Å². The van der Waals surface area contributed by atoms with Crippen LogP contribution in [0.1, 0.15) is 112 Å². The van der Waals surface area contributed by atoms with E-state index >= 15 is 0 Å². The average molecular weight is 641 g/mol. The molecule has 0 saturated carbocycles. The van der Waals surface area contributed by atoms with Crippen LogP contribution in [0.5, 0.6) is 0 Å². The molecule has 2 heterocycles. The number of unbranched alkanes of at least 4 members (excludes halogenated alkanes) is 3. The van der Waals surface area contributed by atoms with Crippen LogP contribution in [0.2, 0.25) is 0 Å². The van der Waals surface area contributed by atoms with E-state index in [9.17, 15) is 9.59 Å². The first-order valence-corrected chi connectivity index (χ1v) is 16.7. The Hall–Kier alpha value is -3.66. The number of aromatic nitrogens is 2. The van der Waals surface area contributed by atoms with Crippen molar-refractivity contribution in [3.05, 3.63) is 63.8 Å². The molecule has 0 atom stereocenters. The third-order valence-electron chi connectivity index (χ3n) is 6.68. The van der Waals surface area contributed by atoms with E-state index in [2.05, 4.69) is 48.3 Å². The van der Waals surface area contributed by atoms with Gasteiger partial charge in [-0.05, 0) is 37.7 Å². The first-order chi connectivity index (χ1) is 21.3. The summed E-state index contributed by atoms with van der Waals surface area (Å²) in [6, 6.07) is 1.60. The van der Waals surface area contributed by atoms with Gasteiger partial charge in [0.1, 0.15) is 5.01 Å². The third-order valence-corrected chi connectivity index (χ3v) is 7.74. The van der Waals surface area contributed by atoms with Gasteiger partial charge in [-0.25, -0.2) is 4.98 Å². The Morgan fingerprint density at radius 1 is 1.07 bits per heavy atom. The van der Waals surface area contributed by atoms with Crippen molar-refractivity contribution in [2.24, 2.45) is 11.1 Å². The largest absolute Gasteiger partial charge is 0.482 e. The lowest BCUT2D eigenvalue weighted by atomic mass is 9.89. The van der Waals surface area contributed by atoms with Gasteiger partial charge in [-0.1, -0.05) is 79.4 Å². The van der Waals surface area contributed by atoms with Crippen molar-refractivity contribution in [3.8, 4) is 0 Å². The third kappa shape index (κ3) is 13.9. The van der Waals surface area contributed by atoms with Crippen LogP contribution in [-0.4, -0.2) is 54.4 Å². The normalized spacial score (nSPS) is 12.3. The molecule has 10 heteroatoms. The van der Waals surface area contributed by atoms with Crippen LogP contribution in [0, 0.1) is 12.3 Å². The predicted octanol–water partition coefficient (Wildman–Crippen LogP) is 7.77. The van der Waals surface area contributed by atoms with E-state index in [1.165, 1.54) is 55.8 Å². The van der Waals surface area contributed by atoms with Gasteiger partial charge in [-0.2, -0.15) is 0 Å². The number of nitrogens with one attached hydrogen (secondary N) is 2. The number of rotatable bonds is 15. The van der Waals surface area contributed by atoms with Crippen LogP contribution in [0.15, 0.2) is 42.7 Å². The fraction of sp³-hybridized carbons (Fsp3) is 0.543. The summed E-state index contributed by atoms with van der Waals surface area (Å²) in [6.45, 7) is 15.5. The number of allylic oxidation sites excluding steroid dienone is 3. The van der Waals surface area contributed by atoms with E-state index in [4.69, 9.17) is 10.5 Å². The number of ether oxygens (including phenoxy) is 1. The standard InChI is InChI=1S/C25H34N6O3S.C10H22/c1-7-9-10-18(25(34-6)31(4)5)21-15-29-24(35-21)19(13-26)23(33)30-20-12-17(14-28-16(20)3)22(32)27-11-8-2;1-5-6-7-8-9-10(2,3)4/h9-10,12-15H,7-8,11,26H2,1-6H3,(H,27,32)(H,30,33);5-9H2,1-4H3/b10-9+,19-13-,25-18-;. The van der Waals surface area contributed by atoms with Crippen LogP contribution in [0.4, 0.5) is 5.69 Å². The number of methoxy groups -OCH3 is 1. The van der Waals surface area contributed by atoms with Crippen molar-refractivity contribution in [1.29, 1.82) is 0 Å². The summed E-state index contributed by atoms with van der Waals surface area (Å²) in [6.07, 6.45) is 17.1. The molecule has 250 valence electrons. The summed E-state index contributed by atoms with van der Waals surface area (Å²) in [5.74, 6) is -0.0191. The second-order valence-electron chi connectivity index (χ2n) is 12.2. The van der Waals surface area contributed by atoms with E-state index in [0.717, 1.165) is 23.3 Å². The van der Waals surface area contributed by atoms with Crippen LogP contribution in [0.25, 0.3) is 11.1 Å². The molecule has 0 saturated heterocycles. The maximum Gasteiger partial charge on any atom is 0.260 e. The lowest BCUT2D eigenvalue weighted by Gasteiger charge is -2.18. The molecule has 9 nitrogen and oxygen atoms in total. The van der Waals surface area contributed by atoms with Gasteiger partial charge in [0.15, 0.2) is 5.88 Å². The summed E-state index contributed by atoms with van der Waals surface area (Å²) in [5.41, 5.74) is 8.82. The summed E-state index contributed by atoms with van der Waals surface area (Å²) in [7, 11) is 5.40. The number of thiazole rings is 1. The first-order valence-electron chi connectivity index (χ1n) is 15.9. The van der Waals surface area contributed by atoms with Crippen molar-refractivity contribution in [2.45, 2.75) is 93.4 Å². The molecule has 0 radical (unpaired) electrons. The van der Waals surface area contributed by atoms with Gasteiger partial charge < -0.3 is 26.0 Å². The maximum atomic E-state index is 13.1. The minimum Gasteiger partial charge on any atom is -0.482 e. The second-order valence-corrected chi connectivity index (χ2v) is 13.2. The summed E-state index contributed by atoms with van der Waals surface area (Å²) in [4.78, 5) is 36.8. The molecule has 2 aromatic heterocycles. The highest BCUT2D eigenvalue weighted by Crippen LogP contribution is 2.31. The second kappa shape index (κ2) is 20.4. The number of nitrogens with two attached hydrogens (primary N) is 1. The zero-order valence-corrected chi connectivity index (χ0v) is 30.0. The van der Waals surface area contributed by atoms with Gasteiger partial charge in [0.05, 0.1) is 40.1 Å². The number of amides is 2. The predicted molar refractivity (Wildman–Crippen MR) is 190 cm³/mol. The highest BCUT2D eigenvalue weighted by molar-refractivity contribution is 7.14. The van der Waals surface area contributed by atoms with Gasteiger partial charge in [0.25, 0.3) is 11.8 Å². The van der Waals surface area contributed by atoms with Crippen molar-refractivity contribution < 1.29 is 14.3 Å². The molecule has 0 aliphatic carbocycles. The van der Waals surface area contributed by atoms with Crippen molar-refractivity contribution in [1.82, 2.24) is 20.2 Å². The van der Waals surface area contributed by atoms with Crippen LogP contribution in [0.3, 0.4) is 0 Å². The number of pyridine rings is 1. The van der Waals surface area contributed by atoms with Crippen LogP contribution in [-0.2, 0) is 9.53 Å². The van der Waals surface area contributed by atoms with E-state index in [1.807, 2.05) is 45.0 Å². The van der Waals surface area contributed by atoms with Crippen molar-refractivity contribution in [3.63, 3.8) is 0 Å². The summed E-state index contributed by atoms with van der Waals surface area (Å²) < 4.78 is 5.59. The molecule has 4 N–H and O–H groups in total. The number of carbonyl (C=O) groups excluding carboxylic acids is 2. The fourth-order valence-electron chi connectivity index (χ4n) is 4.19. The molecule has 0 unspecified atom stereocenters. The van der Waals surface area contributed by atoms with Gasteiger partial charge in [-0.15, -0.1) is 11.3 Å². The van der Waals surface area contributed by atoms with E-state index in [-0.39, 0.29) is 11.5 Å². The smallest absolute Gasteiger partial charge is 0.260 e. The Kier molecular flexibility index (Phi) is 17.8. The van der Waals surface area contributed by atoms with Crippen LogP contribution >= 0.6 is 11.3 Å². The monoisotopic (exact) mass is 640 g/mol. The van der Waals surface area contributed by atoms with Gasteiger partial charge in [0, 0.05) is 39.2 Å². The molecule has 2 rings (SSSR count). The Bertz CT molecular complexity index is 1300. The molecule has 2 amide bonds. The first kappa shape index (κ1) is 39.4. The zero-order valence-electron chi connectivity index (χ0n) is 29.2. The molecule has 0 aromatic carbocycles. The number of nitrogens with zero attached hydrogens (tertiary/aromatic N) is 3. The summed E-state index contributed by atoms with van der Waals surface area (Å²) in [5, 5.41) is 6.07. The summed E-state index contributed by atoms with van der Waals surface area (Å²) >= 11 is 1.33. The number of carbonyl (C=O) groups is 2. The van der Waals surface area contributed by atoms with Gasteiger partial charge in [0.2, 0.25) is 0 Å². The SMILES string of the molecule is CC/C=C/C(=C(/OC)N(C)C)c1cnc(/C(=C\N)C(=O)Nc2cc(C(=O)NCCC)cnc2C)s1.CCCCCCC(C)(C)C. The molecule has 0 fully saturated rings. The molecular weight excluding hydrogens is 584 g/mol. The molecule has 45 heavy (non-hydrogen) atoms. The highest BCUT2D eigenvalue weighted by atomic mass is 32.1. The Labute approximate surface area is 275 Å². The number of aryl methyl sites for hydroxylation is 1. The average Bonchev–Trinajstić information content (AvgIpc) is 3.46. The minimum atomic E-state index is -0.446. The Morgan fingerprint density at radius 3 is 2.33 bits per heavy atom. The molecule has 0 bridgehead atoms. The molecule has 2 aromatic rings. The van der Waals surface area contributed by atoms with Crippen molar-refractivity contribution >= 4 is 40.0 Å². The Balaban J connectivity index is 0.000000868. The molecule has 0 aliphatic heterocycles. The fourth-order valence-corrected chi connectivity index (χ4v) is 5.15. The van der Waals surface area contributed by atoms with Gasteiger partial charge in [-0.3, -0.25) is 14.6 Å². The minimum absolute atomic E-state index is 0.212. The molecular formula is C35H56N6O3S. The quantitative estimate of drug-likeness (QED) is 0.0787. The highest BCUT2D eigenvalue weighted by Gasteiger charge is 2.20. The van der Waals surface area contributed by atoms with E-state index in [1.54, 1.807) is 26.3 Å². The Morgan fingerprint density at radius 2 is 1.78 bits per heavy atom. The number of hydrogen-bond acceptors (Lipinski definition) is 8. The van der Waals surface area contributed by atoms with Crippen molar-refractivity contribution in [2.75, 3.05) is 33.1 Å². The van der Waals surface area contributed by atoms with Gasteiger partial charge >= 0.3 is 0 Å².